The first-order chi connectivity index (χ1) is 13.6. The second-order valence-corrected chi connectivity index (χ2v) is 8.26. The summed E-state index contributed by atoms with van der Waals surface area (Å²) in [4.78, 5) is 11.9. The van der Waals surface area contributed by atoms with E-state index in [0.717, 1.165) is 12.8 Å². The van der Waals surface area contributed by atoms with Crippen LogP contribution < -0.4 is 0 Å². The minimum absolute atomic E-state index is 0.0313. The van der Waals surface area contributed by atoms with Crippen molar-refractivity contribution in [2.45, 2.75) is 84.0 Å². The molecule has 0 amide bonds. The van der Waals surface area contributed by atoms with Crippen molar-refractivity contribution in [3.05, 3.63) is 0 Å². The first-order valence-corrected chi connectivity index (χ1v) is 12.0. The van der Waals surface area contributed by atoms with Crippen molar-refractivity contribution < 1.29 is 24.2 Å². The summed E-state index contributed by atoms with van der Waals surface area (Å²) in [5.41, 5.74) is 0. The van der Waals surface area contributed by atoms with Gasteiger partial charge in [-0.25, -0.2) is 0 Å². The number of alkyl halides is 1. The summed E-state index contributed by atoms with van der Waals surface area (Å²) < 4.78 is 5.86. The van der Waals surface area contributed by atoms with Gasteiger partial charge in [-0.15, -0.1) is 11.6 Å². The number of nitrogens with zero attached hydrogens (tertiary/aromatic N) is 1. The third-order valence-electron chi connectivity index (χ3n) is 5.52. The maximum atomic E-state index is 11.9. The zero-order chi connectivity index (χ0) is 20.9. The second kappa shape index (κ2) is 19.9. The normalized spacial score (nSPS) is 11.7. The Bertz CT molecular complexity index is 338. The predicted octanol–water partition coefficient (Wildman–Crippen LogP) is 4.27. The summed E-state index contributed by atoms with van der Waals surface area (Å²) in [7, 11) is 0. The molecule has 0 aromatic rings. The third kappa shape index (κ3) is 15.5. The van der Waals surface area contributed by atoms with Crippen LogP contribution in [-0.4, -0.2) is 72.5 Å². The standard InChI is InChI=1S/C22H45ClNO4/c1-2-3-4-5-6-7-8-9-10-11-12-13-22(27)28-21-18-24(15-14-23,16-19-25)17-20-26/h25-26H,2-21H2,1H3/q+1. The Morgan fingerprint density at radius 1 is 0.786 bits per heavy atom. The molecule has 0 fully saturated rings. The first kappa shape index (κ1) is 27.6. The van der Waals surface area contributed by atoms with Gasteiger partial charge >= 0.3 is 5.97 Å². The van der Waals surface area contributed by atoms with E-state index in [2.05, 4.69) is 6.92 Å². The Morgan fingerprint density at radius 3 is 1.75 bits per heavy atom. The van der Waals surface area contributed by atoms with Crippen LogP contribution in [0.15, 0.2) is 0 Å². The molecule has 0 aliphatic rings. The number of esters is 1. The van der Waals surface area contributed by atoms with E-state index in [9.17, 15) is 15.0 Å². The lowest BCUT2D eigenvalue weighted by Crippen LogP contribution is -2.54. The minimum atomic E-state index is -0.145. The van der Waals surface area contributed by atoms with Crippen molar-refractivity contribution in [3.8, 4) is 0 Å². The number of aliphatic hydroxyl groups is 2. The van der Waals surface area contributed by atoms with Gasteiger partial charge in [0.1, 0.15) is 26.2 Å². The average Bonchev–Trinajstić information content (AvgIpc) is 2.67. The van der Waals surface area contributed by atoms with Crippen LogP contribution in [0.25, 0.3) is 0 Å². The highest BCUT2D eigenvalue weighted by Gasteiger charge is 2.26. The van der Waals surface area contributed by atoms with Gasteiger partial charge in [0.2, 0.25) is 0 Å². The highest BCUT2D eigenvalue weighted by atomic mass is 35.5. The third-order valence-corrected chi connectivity index (χ3v) is 5.69. The lowest BCUT2D eigenvalue weighted by molar-refractivity contribution is -0.926. The van der Waals surface area contributed by atoms with Crippen molar-refractivity contribution in [1.82, 2.24) is 0 Å². The molecule has 28 heavy (non-hydrogen) atoms. The van der Waals surface area contributed by atoms with Crippen LogP contribution in [0.5, 0.6) is 0 Å². The fourth-order valence-corrected chi connectivity index (χ4v) is 3.99. The zero-order valence-corrected chi connectivity index (χ0v) is 18.9. The molecule has 0 heterocycles. The van der Waals surface area contributed by atoms with Gasteiger partial charge in [-0.05, 0) is 6.42 Å². The number of carbonyl (C=O) groups excluding carboxylic acids is 1. The van der Waals surface area contributed by atoms with Crippen molar-refractivity contribution in [1.29, 1.82) is 0 Å². The Hall–Kier alpha value is -0.360. The number of carbonyl (C=O) groups is 1. The van der Waals surface area contributed by atoms with Gasteiger partial charge in [0.15, 0.2) is 0 Å². The van der Waals surface area contributed by atoms with Crippen LogP contribution in [0.3, 0.4) is 0 Å². The maximum Gasteiger partial charge on any atom is 0.305 e. The van der Waals surface area contributed by atoms with Crippen LogP contribution in [-0.2, 0) is 9.53 Å². The molecule has 0 saturated carbocycles. The first-order valence-electron chi connectivity index (χ1n) is 11.4. The molecule has 0 aromatic heterocycles. The second-order valence-electron chi connectivity index (χ2n) is 7.88. The number of quaternary nitrogens is 1. The van der Waals surface area contributed by atoms with Gasteiger partial charge in [0, 0.05) is 6.42 Å². The van der Waals surface area contributed by atoms with E-state index in [1.807, 2.05) is 0 Å². The molecule has 0 aliphatic heterocycles. The molecular formula is C22H45ClNO4+. The van der Waals surface area contributed by atoms with Gasteiger partial charge in [0.05, 0.1) is 25.6 Å². The number of hydrogen-bond acceptors (Lipinski definition) is 4. The van der Waals surface area contributed by atoms with Crippen LogP contribution in [0.1, 0.15) is 84.0 Å². The summed E-state index contributed by atoms with van der Waals surface area (Å²) in [5, 5.41) is 18.6. The smallest absolute Gasteiger partial charge is 0.305 e. The molecule has 0 unspecified atom stereocenters. The van der Waals surface area contributed by atoms with E-state index in [0.29, 0.717) is 49.6 Å². The van der Waals surface area contributed by atoms with E-state index >= 15 is 0 Å². The molecule has 6 heteroatoms. The Labute approximate surface area is 178 Å². The molecule has 0 spiro atoms. The van der Waals surface area contributed by atoms with Gasteiger partial charge in [-0.2, -0.15) is 0 Å². The molecule has 5 nitrogen and oxygen atoms in total. The van der Waals surface area contributed by atoms with Gasteiger partial charge in [-0.3, -0.25) is 4.79 Å². The van der Waals surface area contributed by atoms with Gasteiger partial charge in [0.25, 0.3) is 0 Å². The Kier molecular flexibility index (Phi) is 19.7. The molecule has 0 atom stereocenters. The summed E-state index contributed by atoms with van der Waals surface area (Å²) >= 11 is 5.87. The SMILES string of the molecule is CCCCCCCCCCCCCC(=O)OCC[N+](CCO)(CCO)CCCl. The highest BCUT2D eigenvalue weighted by Crippen LogP contribution is 2.12. The molecule has 0 rings (SSSR count). The summed E-state index contributed by atoms with van der Waals surface area (Å²) in [6.07, 6.45) is 14.4. The number of halogens is 1. The molecular weight excluding hydrogens is 378 g/mol. The fourth-order valence-electron chi connectivity index (χ4n) is 3.63. The number of unbranched alkanes of at least 4 members (excludes halogenated alkanes) is 10. The van der Waals surface area contributed by atoms with Crippen LogP contribution in [0.2, 0.25) is 0 Å². The van der Waals surface area contributed by atoms with E-state index in [1.54, 1.807) is 0 Å². The highest BCUT2D eigenvalue weighted by molar-refractivity contribution is 6.17. The van der Waals surface area contributed by atoms with E-state index in [4.69, 9.17) is 16.3 Å². The number of rotatable bonds is 21. The zero-order valence-electron chi connectivity index (χ0n) is 18.2. The van der Waals surface area contributed by atoms with Crippen molar-refractivity contribution >= 4 is 17.6 Å². The lowest BCUT2D eigenvalue weighted by atomic mass is 10.1. The Morgan fingerprint density at radius 2 is 1.29 bits per heavy atom. The Balaban J connectivity index is 3.70. The molecule has 0 aromatic carbocycles. The number of hydrogen-bond donors (Lipinski definition) is 2. The number of ether oxygens (including phenoxy) is 1. The van der Waals surface area contributed by atoms with Crippen molar-refractivity contribution in [2.75, 3.05) is 51.9 Å². The molecule has 0 saturated heterocycles. The quantitative estimate of drug-likeness (QED) is 0.125. The largest absolute Gasteiger partial charge is 0.460 e. The number of aliphatic hydroxyl groups excluding tert-OH is 2. The minimum Gasteiger partial charge on any atom is -0.460 e. The van der Waals surface area contributed by atoms with Gasteiger partial charge in [-0.1, -0.05) is 71.1 Å². The van der Waals surface area contributed by atoms with Crippen molar-refractivity contribution in [3.63, 3.8) is 0 Å². The van der Waals surface area contributed by atoms with Crippen LogP contribution in [0, 0.1) is 0 Å². The topological polar surface area (TPSA) is 66.8 Å². The van der Waals surface area contributed by atoms with E-state index in [1.165, 1.54) is 57.8 Å². The van der Waals surface area contributed by atoms with Crippen LogP contribution in [0.4, 0.5) is 0 Å². The molecule has 0 bridgehead atoms. The summed E-state index contributed by atoms with van der Waals surface area (Å²) in [6.45, 7) is 4.89. The summed E-state index contributed by atoms with van der Waals surface area (Å²) in [5.74, 6) is 0.306. The molecule has 0 aliphatic carbocycles. The maximum absolute atomic E-state index is 11.9. The van der Waals surface area contributed by atoms with E-state index in [-0.39, 0.29) is 19.2 Å². The summed E-state index contributed by atoms with van der Waals surface area (Å²) in [6, 6.07) is 0. The molecule has 168 valence electrons. The van der Waals surface area contributed by atoms with Crippen molar-refractivity contribution in [2.24, 2.45) is 0 Å². The molecule has 0 radical (unpaired) electrons. The monoisotopic (exact) mass is 422 g/mol. The average molecular weight is 423 g/mol. The predicted molar refractivity (Wildman–Crippen MR) is 117 cm³/mol. The van der Waals surface area contributed by atoms with E-state index < -0.39 is 0 Å². The lowest BCUT2D eigenvalue weighted by Gasteiger charge is -2.37. The fraction of sp³-hybridized carbons (Fsp3) is 0.955. The molecule has 2 N–H and O–H groups in total. The van der Waals surface area contributed by atoms with Gasteiger partial charge < -0.3 is 19.4 Å². The van der Waals surface area contributed by atoms with Crippen LogP contribution >= 0.6 is 11.6 Å².